The Morgan fingerprint density at radius 1 is 0.446 bits per heavy atom. The number of hydrogen-bond acceptors (Lipinski definition) is 15. The van der Waals surface area contributed by atoms with Crippen molar-refractivity contribution in [3.05, 3.63) is 157 Å². The first-order valence-corrected chi connectivity index (χ1v) is 21.9. The SMILES string of the molecule is CC(=O)Nc1c(Cl)cc(Cl)c(C(=O)O)c1[N+](=O)[O-].CC(=O)Nc1cc(C(=O)O)c(Cl)cc1Cl.Nc1cc(C(=O)O)c(Cl)cc1Cl.O=C(O)c1c(Cl)cc(Cl)c(O)c1[N+](=O)[O-].O=C(O)c1cc([N+](=O)[O-])c(Cl)cc1Cl. The first kappa shape index (κ1) is 65.1. The van der Waals surface area contributed by atoms with Crippen molar-refractivity contribution >= 4 is 192 Å². The topological polar surface area (TPSA) is 420 Å². The Hall–Kier alpha value is -6.91. The first-order valence-electron chi connectivity index (χ1n) is 18.1. The molecule has 0 atom stereocenters. The van der Waals surface area contributed by atoms with Crippen LogP contribution in [0.15, 0.2) is 48.5 Å². The number of nitrogens with zero attached hydrogens (tertiary/aromatic N) is 3. The fourth-order valence-electron chi connectivity index (χ4n) is 4.83. The molecular weight excluding hydrogens is 1210 g/mol. The number of benzene rings is 5. The van der Waals surface area contributed by atoms with Crippen molar-refractivity contribution in [2.75, 3.05) is 16.4 Å². The smallest absolute Gasteiger partial charge is 0.344 e. The number of aromatic carboxylic acids is 5. The maximum atomic E-state index is 11.0. The van der Waals surface area contributed by atoms with E-state index < -0.39 is 95.2 Å². The second-order valence-electron chi connectivity index (χ2n) is 13.0. The number of anilines is 3. The third kappa shape index (κ3) is 18.2. The highest BCUT2D eigenvalue weighted by Crippen LogP contribution is 2.42. The Balaban J connectivity index is 0.000000465. The van der Waals surface area contributed by atoms with Crippen LogP contribution in [0.3, 0.4) is 0 Å². The van der Waals surface area contributed by atoms with Gasteiger partial charge in [0.25, 0.3) is 5.69 Å². The lowest BCUT2D eigenvalue weighted by molar-refractivity contribution is -0.386. The summed E-state index contributed by atoms with van der Waals surface area (Å²) in [7, 11) is 0. The average molecular weight is 1240 g/mol. The second kappa shape index (κ2) is 28.5. The van der Waals surface area contributed by atoms with Crippen molar-refractivity contribution in [1.82, 2.24) is 0 Å². The monoisotopic (exact) mass is 1230 g/mol. The Bertz CT molecular complexity index is 3130. The van der Waals surface area contributed by atoms with E-state index >= 15 is 0 Å². The number of carboxylic acid groups (broad SMARTS) is 5. The maximum Gasteiger partial charge on any atom is 0.344 e. The number of aromatic hydroxyl groups is 1. The number of phenolic OH excluding ortho intramolecular Hbond substituents is 1. The normalized spacial score (nSPS) is 9.89. The lowest BCUT2D eigenvalue weighted by Gasteiger charge is -2.09. The molecule has 0 unspecified atom stereocenters. The number of phenols is 1. The van der Waals surface area contributed by atoms with Gasteiger partial charge in [-0.05, 0) is 42.5 Å². The summed E-state index contributed by atoms with van der Waals surface area (Å²) in [5, 5.41) is 88.0. The summed E-state index contributed by atoms with van der Waals surface area (Å²) < 4.78 is 0. The van der Waals surface area contributed by atoms with Gasteiger partial charge in [0.15, 0.2) is 11.1 Å². The number of nitrogens with one attached hydrogen (secondary N) is 2. The van der Waals surface area contributed by atoms with Gasteiger partial charge in [0.05, 0.1) is 88.0 Å². The molecule has 0 radical (unpaired) electrons. The molecule has 0 spiro atoms. The minimum absolute atomic E-state index is 0.0293. The van der Waals surface area contributed by atoms with E-state index in [2.05, 4.69) is 10.6 Å². The molecule has 0 bridgehead atoms. The second-order valence-corrected chi connectivity index (χ2v) is 17.0. The predicted molar refractivity (Wildman–Crippen MR) is 272 cm³/mol. The standard InChI is InChI=1S/C9H6Cl2N2O5.C9H7Cl2NO3.C7H3Cl2NO5.C7H3Cl2NO4.C7H5Cl2NO2/c1-3(14)12-7-5(11)2-4(10)6(9(15)16)8(7)13(17)18;1-4(13)12-8-2-5(9(14)15)6(10)3-7(8)11;8-2-1-3(9)6(11)5(10(14)15)4(2)7(12)13;8-4-2-5(9)6(10(13)14)1-3(4)7(11)12;8-4-2-5(9)6(10)1-3(4)7(11)12/h2H,1H3,(H,12,14)(H,15,16);2-3H,1H3,(H,12,13)(H,14,15);1,11H,(H,12,13);1-2H,(H,11,12);1-2H,10H2,(H,11,12). The number of carbonyl (C=O) groups excluding carboxylic acids is 2. The molecule has 0 aliphatic heterocycles. The molecule has 10 N–H and O–H groups in total. The number of amides is 2. The Morgan fingerprint density at radius 2 is 0.811 bits per heavy atom. The van der Waals surface area contributed by atoms with Crippen molar-refractivity contribution < 1.29 is 79.0 Å². The van der Waals surface area contributed by atoms with Crippen molar-refractivity contribution in [2.24, 2.45) is 0 Å². The van der Waals surface area contributed by atoms with Gasteiger partial charge in [-0.15, -0.1) is 0 Å². The van der Waals surface area contributed by atoms with Gasteiger partial charge in [0.2, 0.25) is 17.6 Å². The van der Waals surface area contributed by atoms with E-state index in [9.17, 15) is 69.0 Å². The molecule has 0 fully saturated rings. The highest BCUT2D eigenvalue weighted by Gasteiger charge is 2.32. The highest BCUT2D eigenvalue weighted by atomic mass is 35.5. The summed E-state index contributed by atoms with van der Waals surface area (Å²) in [5.74, 6) is -8.72. The summed E-state index contributed by atoms with van der Waals surface area (Å²) in [4.78, 5) is 104. The van der Waals surface area contributed by atoms with E-state index in [1.54, 1.807) is 0 Å². The van der Waals surface area contributed by atoms with Crippen LogP contribution in [0.1, 0.15) is 65.6 Å². The number of nitrogens with two attached hydrogens (primary N) is 1. The number of carboxylic acids is 5. The molecule has 35 heteroatoms. The van der Waals surface area contributed by atoms with Gasteiger partial charge in [-0.3, -0.25) is 39.9 Å². The van der Waals surface area contributed by atoms with E-state index in [0.717, 1.165) is 31.2 Å². The van der Waals surface area contributed by atoms with Crippen molar-refractivity contribution in [3.63, 3.8) is 0 Å². The summed E-state index contributed by atoms with van der Waals surface area (Å²) in [6.45, 7) is 2.40. The summed E-state index contributed by atoms with van der Waals surface area (Å²) in [6.07, 6.45) is 0. The van der Waals surface area contributed by atoms with E-state index in [0.29, 0.717) is 0 Å². The first-order chi connectivity index (χ1) is 34.0. The predicted octanol–water partition coefficient (Wildman–Crippen LogP) is 12.4. The molecule has 0 saturated carbocycles. The molecule has 25 nitrogen and oxygen atoms in total. The number of nitro groups is 3. The van der Waals surface area contributed by atoms with E-state index in [-0.39, 0.29) is 79.2 Å². The number of halogens is 10. The zero-order valence-electron chi connectivity index (χ0n) is 35.8. The van der Waals surface area contributed by atoms with Crippen molar-refractivity contribution in [3.8, 4) is 5.75 Å². The molecule has 5 aromatic carbocycles. The van der Waals surface area contributed by atoms with E-state index in [1.165, 1.54) is 31.2 Å². The molecule has 2 amide bonds. The minimum Gasteiger partial charge on any atom is -0.501 e. The molecule has 0 aliphatic carbocycles. The van der Waals surface area contributed by atoms with Crippen LogP contribution in [0.25, 0.3) is 0 Å². The van der Waals surface area contributed by atoms with Crippen LogP contribution in [0.2, 0.25) is 50.2 Å². The third-order valence-corrected chi connectivity index (χ3v) is 10.9. The van der Waals surface area contributed by atoms with Crippen molar-refractivity contribution in [2.45, 2.75) is 13.8 Å². The van der Waals surface area contributed by atoms with E-state index in [1.807, 2.05) is 0 Å². The largest absolute Gasteiger partial charge is 0.501 e. The maximum absolute atomic E-state index is 11.0. The van der Waals surface area contributed by atoms with Gasteiger partial charge in [-0.2, -0.15) is 0 Å². The number of carbonyl (C=O) groups is 7. The third-order valence-electron chi connectivity index (χ3n) is 7.86. The molecule has 5 aromatic rings. The summed E-state index contributed by atoms with van der Waals surface area (Å²) in [6, 6.07) is 8.83. The average Bonchev–Trinajstić information content (AvgIpc) is 3.24. The van der Waals surface area contributed by atoms with Crippen LogP contribution in [0.5, 0.6) is 5.75 Å². The van der Waals surface area contributed by atoms with Crippen LogP contribution in [0, 0.1) is 30.3 Å². The quantitative estimate of drug-likeness (QED) is 0.0356. The summed E-state index contributed by atoms with van der Waals surface area (Å²) >= 11 is 55.7. The zero-order valence-corrected chi connectivity index (χ0v) is 43.4. The number of nitrogen functional groups attached to an aromatic ring is 1. The zero-order chi connectivity index (χ0) is 57.5. The number of rotatable bonds is 10. The molecule has 0 heterocycles. The Morgan fingerprint density at radius 3 is 1.20 bits per heavy atom. The molecule has 0 aliphatic rings. The number of nitro benzene ring substituents is 3. The molecule has 74 heavy (non-hydrogen) atoms. The molecule has 394 valence electrons. The van der Waals surface area contributed by atoms with Gasteiger partial charge in [0.1, 0.15) is 10.7 Å². The summed E-state index contributed by atoms with van der Waals surface area (Å²) in [5.41, 5.74) is 1.06. The van der Waals surface area contributed by atoms with E-state index in [4.69, 9.17) is 147 Å². The van der Waals surface area contributed by atoms with Crippen molar-refractivity contribution in [1.29, 1.82) is 0 Å². The van der Waals surface area contributed by atoms with Gasteiger partial charge < -0.3 is 47.0 Å². The number of hydrogen-bond donors (Lipinski definition) is 9. The lowest BCUT2D eigenvalue weighted by Crippen LogP contribution is -2.12. The van der Waals surface area contributed by atoms with Gasteiger partial charge in [0, 0.05) is 19.9 Å². The van der Waals surface area contributed by atoms with Gasteiger partial charge in [-0.25, -0.2) is 24.0 Å². The molecule has 5 rings (SSSR count). The fraction of sp³-hybridized carbons (Fsp3) is 0.0513. The molecule has 0 aromatic heterocycles. The van der Waals surface area contributed by atoms with Crippen LogP contribution in [0.4, 0.5) is 34.1 Å². The molecular formula is C39H24Cl10N6O19. The van der Waals surface area contributed by atoms with Crippen LogP contribution >= 0.6 is 116 Å². The Kier molecular flexibility index (Phi) is 25.1. The highest BCUT2D eigenvalue weighted by molar-refractivity contribution is 6.41. The van der Waals surface area contributed by atoms with Crippen LogP contribution in [-0.2, 0) is 9.59 Å². The lowest BCUT2D eigenvalue weighted by atomic mass is 10.1. The Labute approximate surface area is 460 Å². The fourth-order valence-corrected chi connectivity index (χ4v) is 7.46. The van der Waals surface area contributed by atoms with Gasteiger partial charge in [-0.1, -0.05) is 116 Å². The minimum atomic E-state index is -1.61. The molecule has 0 saturated heterocycles. The van der Waals surface area contributed by atoms with Crippen LogP contribution < -0.4 is 16.4 Å². The van der Waals surface area contributed by atoms with Crippen LogP contribution in [-0.4, -0.2) is 87.1 Å². The van der Waals surface area contributed by atoms with Gasteiger partial charge >= 0.3 is 41.2 Å².